The van der Waals surface area contributed by atoms with Crippen LogP contribution in [-0.2, 0) is 5.54 Å². The highest BCUT2D eigenvalue weighted by Crippen LogP contribution is 2.43. The largest absolute Gasteiger partial charge is 0.316 e. The first kappa shape index (κ1) is 12.2. The maximum atomic E-state index is 6.71. The Kier molecular flexibility index (Phi) is 2.96. The Labute approximate surface area is 116 Å². The molecule has 2 N–H and O–H groups in total. The van der Waals surface area contributed by atoms with E-state index in [-0.39, 0.29) is 0 Å². The average molecular weight is 276 g/mol. The summed E-state index contributed by atoms with van der Waals surface area (Å²) in [4.78, 5) is 7.26. The number of rotatable bonds is 1. The van der Waals surface area contributed by atoms with Crippen LogP contribution in [0, 0.1) is 13.8 Å². The van der Waals surface area contributed by atoms with Crippen LogP contribution >= 0.6 is 23.1 Å². The van der Waals surface area contributed by atoms with E-state index in [4.69, 9.17) is 5.73 Å². The summed E-state index contributed by atoms with van der Waals surface area (Å²) >= 11 is 3.63. The summed E-state index contributed by atoms with van der Waals surface area (Å²) in [5, 5.41) is 1.06. The van der Waals surface area contributed by atoms with E-state index in [1.165, 1.54) is 15.3 Å². The Hall–Kier alpha value is -0.840. The molecular formula is C14H16N2S2. The van der Waals surface area contributed by atoms with Gasteiger partial charge in [-0.3, -0.25) is 0 Å². The highest BCUT2D eigenvalue weighted by Gasteiger charge is 2.37. The quantitative estimate of drug-likeness (QED) is 0.867. The molecule has 1 aliphatic heterocycles. The zero-order chi connectivity index (χ0) is 12.8. The van der Waals surface area contributed by atoms with Crippen LogP contribution in [0.5, 0.6) is 0 Å². The Bertz CT molecular complexity index is 572. The molecule has 4 heteroatoms. The van der Waals surface area contributed by atoms with Gasteiger partial charge in [-0.25, -0.2) is 4.98 Å². The molecule has 1 aliphatic rings. The van der Waals surface area contributed by atoms with Crippen LogP contribution in [0.3, 0.4) is 0 Å². The van der Waals surface area contributed by atoms with E-state index in [0.29, 0.717) is 0 Å². The van der Waals surface area contributed by atoms with Crippen LogP contribution in [0.1, 0.15) is 27.6 Å². The molecule has 0 radical (unpaired) electrons. The third-order valence-corrected chi connectivity index (χ3v) is 5.86. The molecule has 1 aromatic heterocycles. The zero-order valence-corrected chi connectivity index (χ0v) is 12.2. The summed E-state index contributed by atoms with van der Waals surface area (Å²) in [7, 11) is 0. The SMILES string of the molecule is Cc1nc(C2(N)CCSc3ccccc32)sc1C. The molecular weight excluding hydrogens is 260 g/mol. The summed E-state index contributed by atoms with van der Waals surface area (Å²) in [5.41, 5.74) is 8.65. The zero-order valence-electron chi connectivity index (χ0n) is 10.6. The predicted molar refractivity (Wildman–Crippen MR) is 78.3 cm³/mol. The molecule has 2 heterocycles. The minimum atomic E-state index is -0.397. The van der Waals surface area contributed by atoms with Gasteiger partial charge in [0.05, 0.1) is 11.2 Å². The van der Waals surface area contributed by atoms with Crippen molar-refractivity contribution in [3.8, 4) is 0 Å². The van der Waals surface area contributed by atoms with Gasteiger partial charge in [-0.2, -0.15) is 0 Å². The molecule has 94 valence electrons. The highest BCUT2D eigenvalue weighted by atomic mass is 32.2. The molecule has 3 rings (SSSR count). The average Bonchev–Trinajstić information content (AvgIpc) is 2.71. The van der Waals surface area contributed by atoms with Crippen molar-refractivity contribution in [1.82, 2.24) is 4.98 Å². The normalized spacial score (nSPS) is 22.8. The van der Waals surface area contributed by atoms with Crippen molar-refractivity contribution in [2.45, 2.75) is 30.7 Å². The van der Waals surface area contributed by atoms with Gasteiger partial charge in [0, 0.05) is 15.5 Å². The van der Waals surface area contributed by atoms with Crippen molar-refractivity contribution in [3.63, 3.8) is 0 Å². The fourth-order valence-electron chi connectivity index (χ4n) is 2.30. The molecule has 2 aromatic rings. The number of aryl methyl sites for hydroxylation is 2. The van der Waals surface area contributed by atoms with Gasteiger partial charge in [0.1, 0.15) is 5.01 Å². The molecule has 0 fully saturated rings. The van der Waals surface area contributed by atoms with E-state index < -0.39 is 5.54 Å². The second kappa shape index (κ2) is 4.37. The van der Waals surface area contributed by atoms with Gasteiger partial charge in [-0.15, -0.1) is 23.1 Å². The van der Waals surface area contributed by atoms with Crippen LogP contribution in [-0.4, -0.2) is 10.7 Å². The number of hydrogen-bond donors (Lipinski definition) is 1. The van der Waals surface area contributed by atoms with Crippen LogP contribution < -0.4 is 5.73 Å². The number of nitrogens with two attached hydrogens (primary N) is 1. The molecule has 0 saturated carbocycles. The van der Waals surface area contributed by atoms with E-state index in [2.05, 4.69) is 43.1 Å². The molecule has 0 aliphatic carbocycles. The van der Waals surface area contributed by atoms with Crippen molar-refractivity contribution in [3.05, 3.63) is 45.4 Å². The monoisotopic (exact) mass is 276 g/mol. The van der Waals surface area contributed by atoms with Gasteiger partial charge < -0.3 is 5.73 Å². The lowest BCUT2D eigenvalue weighted by Crippen LogP contribution is -2.40. The van der Waals surface area contributed by atoms with E-state index in [1.54, 1.807) is 11.3 Å². The lowest BCUT2D eigenvalue weighted by Gasteiger charge is -2.33. The van der Waals surface area contributed by atoms with Gasteiger partial charge >= 0.3 is 0 Å². The number of nitrogens with zero attached hydrogens (tertiary/aromatic N) is 1. The van der Waals surface area contributed by atoms with E-state index in [1.807, 2.05) is 11.8 Å². The van der Waals surface area contributed by atoms with Crippen molar-refractivity contribution in [2.24, 2.45) is 5.73 Å². The second-order valence-electron chi connectivity index (χ2n) is 4.73. The Morgan fingerprint density at radius 3 is 2.78 bits per heavy atom. The lowest BCUT2D eigenvalue weighted by molar-refractivity contribution is 0.503. The summed E-state index contributed by atoms with van der Waals surface area (Å²) in [5.74, 6) is 1.06. The molecule has 0 saturated heterocycles. The van der Waals surface area contributed by atoms with Crippen molar-refractivity contribution < 1.29 is 0 Å². The van der Waals surface area contributed by atoms with Crippen molar-refractivity contribution in [1.29, 1.82) is 0 Å². The van der Waals surface area contributed by atoms with Gasteiger partial charge in [-0.05, 0) is 31.9 Å². The molecule has 0 amide bonds. The maximum absolute atomic E-state index is 6.71. The number of aromatic nitrogens is 1. The summed E-state index contributed by atoms with van der Waals surface area (Å²) < 4.78 is 0. The Morgan fingerprint density at radius 2 is 2.06 bits per heavy atom. The van der Waals surface area contributed by atoms with Crippen molar-refractivity contribution in [2.75, 3.05) is 5.75 Å². The fourth-order valence-corrected chi connectivity index (χ4v) is 4.59. The molecule has 1 aromatic carbocycles. The van der Waals surface area contributed by atoms with E-state index >= 15 is 0 Å². The first-order valence-corrected chi connectivity index (χ1v) is 7.87. The highest BCUT2D eigenvalue weighted by molar-refractivity contribution is 7.99. The molecule has 1 unspecified atom stereocenters. The number of fused-ring (bicyclic) bond motifs is 1. The minimum Gasteiger partial charge on any atom is -0.316 e. The Morgan fingerprint density at radius 1 is 1.28 bits per heavy atom. The molecule has 18 heavy (non-hydrogen) atoms. The number of thiazole rings is 1. The van der Waals surface area contributed by atoms with Crippen molar-refractivity contribution >= 4 is 23.1 Å². The smallest absolute Gasteiger partial charge is 0.118 e. The fraction of sp³-hybridized carbons (Fsp3) is 0.357. The summed E-state index contributed by atoms with van der Waals surface area (Å²) in [6.45, 7) is 4.17. The van der Waals surface area contributed by atoms with Crippen LogP contribution in [0.15, 0.2) is 29.2 Å². The van der Waals surface area contributed by atoms with Gasteiger partial charge in [-0.1, -0.05) is 18.2 Å². The van der Waals surface area contributed by atoms with E-state index in [9.17, 15) is 0 Å². The Balaban J connectivity index is 2.16. The van der Waals surface area contributed by atoms with Crippen LogP contribution in [0.25, 0.3) is 0 Å². The molecule has 1 atom stereocenters. The summed E-state index contributed by atoms with van der Waals surface area (Å²) in [6, 6.07) is 8.46. The molecule has 2 nitrogen and oxygen atoms in total. The van der Waals surface area contributed by atoms with Crippen LogP contribution in [0.4, 0.5) is 0 Å². The second-order valence-corrected chi connectivity index (χ2v) is 7.07. The maximum Gasteiger partial charge on any atom is 0.118 e. The number of hydrogen-bond acceptors (Lipinski definition) is 4. The minimum absolute atomic E-state index is 0.397. The lowest BCUT2D eigenvalue weighted by atomic mass is 9.88. The predicted octanol–water partition coefficient (Wildman–Crippen LogP) is 3.46. The van der Waals surface area contributed by atoms with E-state index in [0.717, 1.165) is 22.9 Å². The van der Waals surface area contributed by atoms with Gasteiger partial charge in [0.2, 0.25) is 0 Å². The van der Waals surface area contributed by atoms with Gasteiger partial charge in [0.15, 0.2) is 0 Å². The molecule has 0 bridgehead atoms. The topological polar surface area (TPSA) is 38.9 Å². The number of thioether (sulfide) groups is 1. The molecule has 0 spiro atoms. The van der Waals surface area contributed by atoms with Gasteiger partial charge in [0.25, 0.3) is 0 Å². The first-order chi connectivity index (χ1) is 8.61. The third-order valence-electron chi connectivity index (χ3n) is 3.53. The first-order valence-electron chi connectivity index (χ1n) is 6.07. The number of benzene rings is 1. The van der Waals surface area contributed by atoms with Crippen LogP contribution in [0.2, 0.25) is 0 Å². The third kappa shape index (κ3) is 1.79. The summed E-state index contributed by atoms with van der Waals surface area (Å²) in [6.07, 6.45) is 0.959. The standard InChI is InChI=1S/C14H16N2S2/c1-9-10(2)18-13(16-9)14(15)7-8-17-12-6-4-3-5-11(12)14/h3-6H,7-8,15H2,1-2H3.